The molecule has 104 valence electrons. The molecule has 1 aliphatic rings. The van der Waals surface area contributed by atoms with E-state index < -0.39 is 0 Å². The average Bonchev–Trinajstić information content (AvgIpc) is 2.89. The molecule has 21 heavy (non-hydrogen) atoms. The number of hydrogen-bond acceptors (Lipinski definition) is 3. The van der Waals surface area contributed by atoms with Crippen LogP contribution in [0.3, 0.4) is 0 Å². The Bertz CT molecular complexity index is 845. The Morgan fingerprint density at radius 2 is 1.90 bits per heavy atom. The molecule has 0 fully saturated rings. The summed E-state index contributed by atoms with van der Waals surface area (Å²) in [6, 6.07) is 14.6. The summed E-state index contributed by atoms with van der Waals surface area (Å²) in [6.45, 7) is 1.80. The van der Waals surface area contributed by atoms with Gasteiger partial charge in [-0.05, 0) is 51.3 Å². The van der Waals surface area contributed by atoms with Crippen molar-refractivity contribution in [3.8, 4) is 0 Å². The number of nitrogens with two attached hydrogens (primary N) is 1. The molecular weight excluding hydrogens is 326 g/mol. The van der Waals surface area contributed by atoms with Gasteiger partial charge in [0, 0.05) is 34.8 Å². The molecule has 0 saturated heterocycles. The zero-order valence-corrected chi connectivity index (χ0v) is 13.0. The molecule has 0 spiro atoms. The minimum Gasteiger partial charge on any atom is -0.399 e. The first-order chi connectivity index (χ1) is 10.2. The number of nitrogens with zero attached hydrogens (tertiary/aromatic N) is 2. The minimum atomic E-state index is 0.829. The van der Waals surface area contributed by atoms with Crippen molar-refractivity contribution in [2.24, 2.45) is 0 Å². The Labute approximate surface area is 131 Å². The molecule has 0 radical (unpaired) electrons. The van der Waals surface area contributed by atoms with Gasteiger partial charge in [0.15, 0.2) is 0 Å². The van der Waals surface area contributed by atoms with Gasteiger partial charge in [0.2, 0.25) is 0 Å². The van der Waals surface area contributed by atoms with Gasteiger partial charge in [-0.2, -0.15) is 0 Å². The Morgan fingerprint density at radius 3 is 2.81 bits per heavy atom. The third kappa shape index (κ3) is 2.16. The van der Waals surface area contributed by atoms with Crippen molar-refractivity contribution >= 4 is 38.2 Å². The van der Waals surface area contributed by atoms with Crippen LogP contribution >= 0.6 is 15.9 Å². The summed E-state index contributed by atoms with van der Waals surface area (Å²) in [5.74, 6) is 0. The molecule has 0 atom stereocenters. The largest absolute Gasteiger partial charge is 0.399 e. The number of benzene rings is 2. The Kier molecular flexibility index (Phi) is 2.86. The van der Waals surface area contributed by atoms with Crippen LogP contribution in [-0.4, -0.2) is 4.98 Å². The number of halogens is 1. The maximum atomic E-state index is 5.89. The number of hydrogen-bond donors (Lipinski definition) is 1. The van der Waals surface area contributed by atoms with Gasteiger partial charge < -0.3 is 10.6 Å². The van der Waals surface area contributed by atoms with Crippen LogP contribution in [-0.2, 0) is 13.1 Å². The van der Waals surface area contributed by atoms with Crippen LogP contribution in [0.25, 0.3) is 10.9 Å². The van der Waals surface area contributed by atoms with Crippen LogP contribution in [0.1, 0.15) is 11.1 Å². The number of fused-ring (bicyclic) bond motifs is 2. The molecule has 0 unspecified atom stereocenters. The third-order valence-electron chi connectivity index (χ3n) is 3.95. The molecule has 2 aromatic carbocycles. The van der Waals surface area contributed by atoms with Crippen LogP contribution in [0, 0.1) is 0 Å². The zero-order chi connectivity index (χ0) is 14.4. The second kappa shape index (κ2) is 4.74. The standard InChI is InChI=1S/C17H14BrN3/c18-14-6-11-2-1-3-16(17(11)20-8-14)21-9-12-4-5-15(19)7-13(12)10-21/h1-8H,9-10,19H2. The monoisotopic (exact) mass is 339 g/mol. The molecule has 4 heteroatoms. The van der Waals surface area contributed by atoms with Crippen molar-refractivity contribution in [3.05, 3.63) is 64.3 Å². The maximum absolute atomic E-state index is 5.89. The molecule has 1 aromatic heterocycles. The highest BCUT2D eigenvalue weighted by molar-refractivity contribution is 9.10. The van der Waals surface area contributed by atoms with Gasteiger partial charge in [0.25, 0.3) is 0 Å². The molecule has 3 nitrogen and oxygen atoms in total. The second-order valence-corrected chi connectivity index (χ2v) is 6.30. The van der Waals surface area contributed by atoms with Crippen molar-refractivity contribution in [1.29, 1.82) is 0 Å². The van der Waals surface area contributed by atoms with E-state index in [0.29, 0.717) is 0 Å². The molecule has 1 aliphatic heterocycles. The SMILES string of the molecule is Nc1ccc2c(c1)CN(c1cccc3cc(Br)cnc13)C2. The molecule has 3 aromatic rings. The van der Waals surface area contributed by atoms with Crippen LogP contribution < -0.4 is 10.6 Å². The van der Waals surface area contributed by atoms with Crippen LogP contribution in [0.15, 0.2) is 53.1 Å². The molecule has 2 N–H and O–H groups in total. The maximum Gasteiger partial charge on any atom is 0.0936 e. The zero-order valence-electron chi connectivity index (χ0n) is 11.4. The van der Waals surface area contributed by atoms with E-state index in [2.05, 4.69) is 62.2 Å². The fourth-order valence-corrected chi connectivity index (χ4v) is 3.31. The van der Waals surface area contributed by atoms with E-state index in [1.165, 1.54) is 16.8 Å². The van der Waals surface area contributed by atoms with E-state index in [-0.39, 0.29) is 0 Å². The van der Waals surface area contributed by atoms with E-state index in [4.69, 9.17) is 5.73 Å². The number of rotatable bonds is 1. The summed E-state index contributed by atoms with van der Waals surface area (Å²) in [6.07, 6.45) is 1.85. The third-order valence-corrected chi connectivity index (χ3v) is 4.38. The molecule has 0 aliphatic carbocycles. The number of para-hydroxylation sites is 1. The van der Waals surface area contributed by atoms with Gasteiger partial charge in [0.1, 0.15) is 0 Å². The van der Waals surface area contributed by atoms with Gasteiger partial charge in [-0.15, -0.1) is 0 Å². The second-order valence-electron chi connectivity index (χ2n) is 5.39. The van der Waals surface area contributed by atoms with Crippen molar-refractivity contribution in [2.75, 3.05) is 10.6 Å². The van der Waals surface area contributed by atoms with Crippen molar-refractivity contribution < 1.29 is 0 Å². The van der Waals surface area contributed by atoms with E-state index in [0.717, 1.165) is 34.2 Å². The van der Waals surface area contributed by atoms with Crippen LogP contribution in [0.2, 0.25) is 0 Å². The topological polar surface area (TPSA) is 42.1 Å². The predicted molar refractivity (Wildman–Crippen MR) is 90.2 cm³/mol. The smallest absolute Gasteiger partial charge is 0.0936 e. The number of aromatic nitrogens is 1. The molecule has 4 rings (SSSR count). The van der Waals surface area contributed by atoms with E-state index in [1.807, 2.05) is 12.3 Å². The summed E-state index contributed by atoms with van der Waals surface area (Å²) in [5, 5.41) is 1.15. The average molecular weight is 340 g/mol. The van der Waals surface area contributed by atoms with Crippen molar-refractivity contribution in [3.63, 3.8) is 0 Å². The van der Waals surface area contributed by atoms with E-state index >= 15 is 0 Å². The molecule has 0 amide bonds. The summed E-state index contributed by atoms with van der Waals surface area (Å²) >= 11 is 3.48. The first-order valence-corrected chi connectivity index (χ1v) is 7.66. The van der Waals surface area contributed by atoms with Crippen molar-refractivity contribution in [2.45, 2.75) is 13.1 Å². The number of nitrogen functional groups attached to an aromatic ring is 1. The van der Waals surface area contributed by atoms with Crippen LogP contribution in [0.4, 0.5) is 11.4 Å². The molecule has 2 heterocycles. The van der Waals surface area contributed by atoms with Gasteiger partial charge in [-0.1, -0.05) is 18.2 Å². The lowest BCUT2D eigenvalue weighted by Crippen LogP contribution is -2.15. The minimum absolute atomic E-state index is 0.829. The van der Waals surface area contributed by atoms with E-state index in [9.17, 15) is 0 Å². The Morgan fingerprint density at radius 1 is 1.05 bits per heavy atom. The summed E-state index contributed by atoms with van der Waals surface area (Å²) in [7, 11) is 0. The van der Waals surface area contributed by atoms with Crippen LogP contribution in [0.5, 0.6) is 0 Å². The van der Waals surface area contributed by atoms with Gasteiger partial charge in [-0.25, -0.2) is 0 Å². The highest BCUT2D eigenvalue weighted by Crippen LogP contribution is 2.33. The number of pyridine rings is 1. The van der Waals surface area contributed by atoms with Gasteiger partial charge in [-0.3, -0.25) is 4.98 Å². The molecular formula is C17H14BrN3. The van der Waals surface area contributed by atoms with Gasteiger partial charge in [0.05, 0.1) is 11.2 Å². The summed E-state index contributed by atoms with van der Waals surface area (Å²) in [4.78, 5) is 6.95. The summed E-state index contributed by atoms with van der Waals surface area (Å²) < 4.78 is 1.00. The lowest BCUT2D eigenvalue weighted by molar-refractivity contribution is 0.884. The first-order valence-electron chi connectivity index (χ1n) is 6.87. The lowest BCUT2D eigenvalue weighted by Gasteiger charge is -2.19. The van der Waals surface area contributed by atoms with Crippen molar-refractivity contribution in [1.82, 2.24) is 4.98 Å². The highest BCUT2D eigenvalue weighted by Gasteiger charge is 2.21. The van der Waals surface area contributed by atoms with E-state index in [1.54, 1.807) is 0 Å². The normalized spacial score (nSPS) is 13.7. The molecule has 0 saturated carbocycles. The fourth-order valence-electron chi connectivity index (χ4n) is 2.96. The first kappa shape index (κ1) is 12.7. The lowest BCUT2D eigenvalue weighted by atomic mass is 10.1. The highest BCUT2D eigenvalue weighted by atomic mass is 79.9. The Balaban J connectivity index is 1.79. The van der Waals surface area contributed by atoms with Gasteiger partial charge >= 0.3 is 0 Å². The quantitative estimate of drug-likeness (QED) is 0.678. The number of anilines is 2. The summed E-state index contributed by atoms with van der Waals surface area (Å²) in [5.41, 5.74) is 11.6. The Hall–Kier alpha value is -2.07. The predicted octanol–water partition coefficient (Wildman–Crippen LogP) is 4.10. The molecule has 0 bridgehead atoms. The fraction of sp³-hybridized carbons (Fsp3) is 0.118.